The van der Waals surface area contributed by atoms with E-state index >= 15 is 0 Å². The van der Waals surface area contributed by atoms with E-state index in [4.69, 9.17) is 15.8 Å². The van der Waals surface area contributed by atoms with E-state index in [0.717, 1.165) is 11.6 Å². The average Bonchev–Trinajstić information content (AvgIpc) is 2.27. The number of benzene rings is 1. The largest absolute Gasteiger partial charge is 0.462 e. The standard InChI is InChI=1S/C13H17ClO2Si/c1-11(12-7-5-4-6-8-12)13(15)16-9-10-17(2,3)14/h4-8H,1,9-10H2,2-3H3. The van der Waals surface area contributed by atoms with Crippen molar-refractivity contribution in [2.24, 2.45) is 0 Å². The highest BCUT2D eigenvalue weighted by molar-refractivity contribution is 7.19. The molecule has 0 aliphatic rings. The third-order valence-electron chi connectivity index (χ3n) is 2.30. The zero-order valence-electron chi connectivity index (χ0n) is 10.2. The second-order valence-electron chi connectivity index (χ2n) is 4.45. The first-order valence-electron chi connectivity index (χ1n) is 5.50. The van der Waals surface area contributed by atoms with Crippen LogP contribution in [0.1, 0.15) is 5.56 Å². The molecule has 92 valence electrons. The molecule has 0 spiro atoms. The normalized spacial score (nSPS) is 11.0. The van der Waals surface area contributed by atoms with Crippen molar-refractivity contribution >= 4 is 30.0 Å². The van der Waals surface area contributed by atoms with Gasteiger partial charge in [-0.15, -0.1) is 0 Å². The Bertz CT molecular complexity index is 396. The molecule has 0 saturated carbocycles. The summed E-state index contributed by atoms with van der Waals surface area (Å²) < 4.78 is 5.15. The van der Waals surface area contributed by atoms with Crippen LogP contribution in [-0.4, -0.2) is 20.0 Å². The first-order valence-corrected chi connectivity index (χ1v) is 9.72. The summed E-state index contributed by atoms with van der Waals surface area (Å²) in [5.74, 6) is -0.369. The van der Waals surface area contributed by atoms with Gasteiger partial charge in [-0.3, -0.25) is 0 Å². The smallest absolute Gasteiger partial charge is 0.338 e. The van der Waals surface area contributed by atoms with Crippen molar-refractivity contribution in [3.63, 3.8) is 0 Å². The Labute approximate surface area is 108 Å². The van der Waals surface area contributed by atoms with Gasteiger partial charge in [0.1, 0.15) is 0 Å². The highest BCUT2D eigenvalue weighted by Gasteiger charge is 2.18. The minimum atomic E-state index is -1.67. The molecule has 0 fully saturated rings. The second kappa shape index (κ2) is 6.03. The second-order valence-corrected chi connectivity index (χ2v) is 11.5. The SMILES string of the molecule is C=C(C(=O)OCC[Si](C)(C)Cl)c1ccccc1. The Morgan fingerprint density at radius 2 is 1.94 bits per heavy atom. The molecule has 0 saturated heterocycles. The molecule has 0 heterocycles. The lowest BCUT2D eigenvalue weighted by atomic mass is 10.1. The van der Waals surface area contributed by atoms with Crippen molar-refractivity contribution in [3.8, 4) is 0 Å². The van der Waals surface area contributed by atoms with Gasteiger partial charge in [0, 0.05) is 0 Å². The molecule has 0 atom stereocenters. The van der Waals surface area contributed by atoms with E-state index in [0.29, 0.717) is 12.2 Å². The maximum Gasteiger partial charge on any atom is 0.338 e. The summed E-state index contributed by atoms with van der Waals surface area (Å²) >= 11 is 6.14. The summed E-state index contributed by atoms with van der Waals surface area (Å²) in [4.78, 5) is 11.7. The van der Waals surface area contributed by atoms with Gasteiger partial charge in [-0.2, -0.15) is 11.1 Å². The van der Waals surface area contributed by atoms with Gasteiger partial charge in [-0.25, -0.2) is 4.79 Å². The summed E-state index contributed by atoms with van der Waals surface area (Å²) in [5, 5.41) is 0. The van der Waals surface area contributed by atoms with Gasteiger partial charge in [0.15, 0.2) is 7.38 Å². The molecule has 0 bridgehead atoms. The predicted octanol–water partition coefficient (Wildman–Crippen LogP) is 3.69. The lowest BCUT2D eigenvalue weighted by Crippen LogP contribution is -2.20. The number of esters is 1. The van der Waals surface area contributed by atoms with Crippen molar-refractivity contribution in [1.82, 2.24) is 0 Å². The first-order chi connectivity index (χ1) is 7.90. The van der Waals surface area contributed by atoms with E-state index in [1.54, 1.807) is 0 Å². The van der Waals surface area contributed by atoms with Gasteiger partial charge in [0.2, 0.25) is 0 Å². The van der Waals surface area contributed by atoms with Crippen LogP contribution in [0.3, 0.4) is 0 Å². The highest BCUT2D eigenvalue weighted by atomic mass is 35.6. The van der Waals surface area contributed by atoms with Crippen LogP contribution in [-0.2, 0) is 9.53 Å². The summed E-state index contributed by atoms with van der Waals surface area (Å²) in [7, 11) is -1.67. The van der Waals surface area contributed by atoms with Crippen molar-refractivity contribution in [2.75, 3.05) is 6.61 Å². The number of hydrogen-bond acceptors (Lipinski definition) is 2. The lowest BCUT2D eigenvalue weighted by molar-refractivity contribution is -0.136. The van der Waals surface area contributed by atoms with Crippen LogP contribution in [0.2, 0.25) is 19.1 Å². The summed E-state index contributed by atoms with van der Waals surface area (Å²) in [6, 6.07) is 10.0. The number of hydrogen-bond donors (Lipinski definition) is 0. The predicted molar refractivity (Wildman–Crippen MR) is 74.6 cm³/mol. The van der Waals surface area contributed by atoms with E-state index in [-0.39, 0.29) is 5.97 Å². The Morgan fingerprint density at radius 1 is 1.35 bits per heavy atom. The van der Waals surface area contributed by atoms with Crippen LogP contribution in [0.15, 0.2) is 36.9 Å². The van der Waals surface area contributed by atoms with Crippen LogP contribution in [0, 0.1) is 0 Å². The van der Waals surface area contributed by atoms with Gasteiger partial charge in [0.25, 0.3) is 0 Å². The van der Waals surface area contributed by atoms with Crippen LogP contribution >= 0.6 is 11.1 Å². The van der Waals surface area contributed by atoms with Gasteiger partial charge in [-0.1, -0.05) is 50.0 Å². The molecule has 1 aromatic rings. The molecular formula is C13H17ClO2Si. The van der Waals surface area contributed by atoms with E-state index < -0.39 is 7.38 Å². The quantitative estimate of drug-likeness (QED) is 0.352. The van der Waals surface area contributed by atoms with Gasteiger partial charge in [0.05, 0.1) is 12.2 Å². The minimum Gasteiger partial charge on any atom is -0.462 e. The van der Waals surface area contributed by atoms with Crippen LogP contribution in [0.5, 0.6) is 0 Å². The molecule has 0 aliphatic carbocycles. The topological polar surface area (TPSA) is 26.3 Å². The van der Waals surface area contributed by atoms with Crippen molar-refractivity contribution in [1.29, 1.82) is 0 Å². The number of ether oxygens (including phenoxy) is 1. The summed E-state index contributed by atoms with van der Waals surface area (Å²) in [6.45, 7) is 8.16. The van der Waals surface area contributed by atoms with Gasteiger partial charge >= 0.3 is 5.97 Å². The molecule has 17 heavy (non-hydrogen) atoms. The van der Waals surface area contributed by atoms with E-state index in [9.17, 15) is 4.79 Å². The van der Waals surface area contributed by atoms with Gasteiger partial charge in [-0.05, 0) is 11.6 Å². The third kappa shape index (κ3) is 5.19. The van der Waals surface area contributed by atoms with E-state index in [2.05, 4.69) is 6.58 Å². The molecule has 4 heteroatoms. The Balaban J connectivity index is 2.47. The Morgan fingerprint density at radius 3 is 2.47 bits per heavy atom. The molecule has 1 rings (SSSR count). The van der Waals surface area contributed by atoms with Crippen LogP contribution in [0.4, 0.5) is 0 Å². The maximum atomic E-state index is 11.7. The van der Waals surface area contributed by atoms with Crippen molar-refractivity contribution < 1.29 is 9.53 Å². The summed E-state index contributed by atoms with van der Waals surface area (Å²) in [6.07, 6.45) is 0. The van der Waals surface area contributed by atoms with Gasteiger partial charge < -0.3 is 4.74 Å². The minimum absolute atomic E-state index is 0.368. The fraction of sp³-hybridized carbons (Fsp3) is 0.308. The molecule has 2 nitrogen and oxygen atoms in total. The van der Waals surface area contributed by atoms with Crippen LogP contribution in [0.25, 0.3) is 5.57 Å². The fourth-order valence-electron chi connectivity index (χ4n) is 1.23. The molecular weight excluding hydrogens is 252 g/mol. The molecule has 0 unspecified atom stereocenters. The van der Waals surface area contributed by atoms with Crippen LogP contribution < -0.4 is 0 Å². The number of rotatable bonds is 5. The molecule has 0 aliphatic heterocycles. The third-order valence-corrected chi connectivity index (χ3v) is 4.26. The lowest BCUT2D eigenvalue weighted by Gasteiger charge is -2.13. The Hall–Kier alpha value is -1.06. The molecule has 1 aromatic carbocycles. The summed E-state index contributed by atoms with van der Waals surface area (Å²) in [5.41, 5.74) is 1.18. The monoisotopic (exact) mass is 268 g/mol. The Kier molecular flexibility index (Phi) is 4.96. The average molecular weight is 269 g/mol. The highest BCUT2D eigenvalue weighted by Crippen LogP contribution is 2.16. The van der Waals surface area contributed by atoms with Crippen molar-refractivity contribution in [3.05, 3.63) is 42.5 Å². The zero-order chi connectivity index (χ0) is 12.9. The number of carbonyl (C=O) groups excluding carboxylic acids is 1. The molecule has 0 radical (unpaired) electrons. The first kappa shape index (κ1) is 14.0. The fourth-order valence-corrected chi connectivity index (χ4v) is 2.05. The molecule has 0 aromatic heterocycles. The number of carbonyl (C=O) groups is 1. The maximum absolute atomic E-state index is 11.7. The zero-order valence-corrected chi connectivity index (χ0v) is 12.0. The molecule has 0 N–H and O–H groups in total. The number of halogens is 1. The van der Waals surface area contributed by atoms with Crippen molar-refractivity contribution in [2.45, 2.75) is 19.1 Å². The van der Waals surface area contributed by atoms with E-state index in [1.807, 2.05) is 43.4 Å². The molecule has 0 amide bonds. The van der Waals surface area contributed by atoms with E-state index in [1.165, 1.54) is 0 Å².